The lowest BCUT2D eigenvalue weighted by Gasteiger charge is -2.42. The van der Waals surface area contributed by atoms with E-state index in [1.807, 2.05) is 32.0 Å². The summed E-state index contributed by atoms with van der Waals surface area (Å²) in [4.78, 5) is 27.8. The molecule has 0 saturated carbocycles. The third-order valence-corrected chi connectivity index (χ3v) is 8.91. The summed E-state index contributed by atoms with van der Waals surface area (Å²) in [5, 5.41) is 22.0. The number of ether oxygens (including phenoxy) is 1. The number of ketones is 1. The number of rotatable bonds is 7. The molecule has 0 bridgehead atoms. The number of benzene rings is 2. The van der Waals surface area contributed by atoms with Gasteiger partial charge in [0.25, 0.3) is 0 Å². The third-order valence-electron chi connectivity index (χ3n) is 6.87. The van der Waals surface area contributed by atoms with E-state index >= 15 is 0 Å². The van der Waals surface area contributed by atoms with Crippen molar-refractivity contribution in [1.29, 1.82) is 5.26 Å². The second-order valence-electron chi connectivity index (χ2n) is 10.4. The second-order valence-corrected chi connectivity index (χ2v) is 12.6. The highest BCUT2D eigenvalue weighted by Crippen LogP contribution is 2.52. The summed E-state index contributed by atoms with van der Waals surface area (Å²) in [6.45, 7) is 4.04. The number of Topliss-reactive ketones (excluding diaryl/α,β-unsaturated/α-hetero) is 1. The number of para-hydroxylation sites is 1. The molecule has 0 radical (unpaired) electrons. The molecule has 12 heteroatoms. The molecule has 1 amide bonds. The highest BCUT2D eigenvalue weighted by Gasteiger charge is 2.46. The van der Waals surface area contributed by atoms with E-state index in [2.05, 4.69) is 21.6 Å². The smallest absolute Gasteiger partial charge is 0.234 e. The molecule has 2 heterocycles. The number of nitrogens with zero attached hydrogens (tertiary/aromatic N) is 4. The monoisotopic (exact) mass is 590 g/mol. The number of hydrogen-bond donors (Lipinski definition) is 2. The average molecular weight is 591 g/mol. The van der Waals surface area contributed by atoms with E-state index in [1.54, 1.807) is 18.1 Å². The lowest BCUT2D eigenvalue weighted by Crippen LogP contribution is -2.42. The number of thioether (sulfide) groups is 1. The highest BCUT2D eigenvalue weighted by molar-refractivity contribution is 8.01. The van der Waals surface area contributed by atoms with Gasteiger partial charge in [0.1, 0.15) is 17.4 Å². The number of nitrogens with one attached hydrogen (secondary N) is 1. The lowest BCUT2D eigenvalue weighted by atomic mass is 9.68. The number of aromatic nitrogens is 2. The Morgan fingerprint density at radius 3 is 2.68 bits per heavy atom. The second kappa shape index (κ2) is 11.3. The maximum absolute atomic E-state index is 13.7. The van der Waals surface area contributed by atoms with Gasteiger partial charge in [-0.25, -0.2) is 4.39 Å². The number of methoxy groups -OCH3 is 1. The number of carbonyl (C=O) groups is 2. The first-order chi connectivity index (χ1) is 19.6. The van der Waals surface area contributed by atoms with Crippen LogP contribution in [-0.2, 0) is 9.59 Å². The molecule has 1 aromatic heterocycles. The van der Waals surface area contributed by atoms with Crippen LogP contribution < -0.4 is 20.7 Å². The highest BCUT2D eigenvalue weighted by atomic mass is 32.2. The summed E-state index contributed by atoms with van der Waals surface area (Å²) in [5.41, 5.74) is 8.93. The van der Waals surface area contributed by atoms with Crippen molar-refractivity contribution < 1.29 is 18.7 Å². The van der Waals surface area contributed by atoms with Crippen LogP contribution in [0, 0.1) is 22.6 Å². The Labute approximate surface area is 244 Å². The largest absolute Gasteiger partial charge is 0.496 e. The molecular weight excluding hydrogens is 563 g/mol. The minimum absolute atomic E-state index is 0.0517. The molecule has 1 aliphatic heterocycles. The van der Waals surface area contributed by atoms with Gasteiger partial charge in [-0.15, -0.1) is 10.2 Å². The maximum Gasteiger partial charge on any atom is 0.234 e. The van der Waals surface area contributed by atoms with Crippen LogP contribution in [0.25, 0.3) is 0 Å². The minimum atomic E-state index is -0.678. The van der Waals surface area contributed by atoms with Crippen LogP contribution in [0.15, 0.2) is 75.5 Å². The average Bonchev–Trinajstić information content (AvgIpc) is 3.40. The number of nitrogens with two attached hydrogens (primary N) is 1. The zero-order valence-electron chi connectivity index (χ0n) is 22.6. The van der Waals surface area contributed by atoms with Gasteiger partial charge in [0.2, 0.25) is 11.0 Å². The van der Waals surface area contributed by atoms with Crippen molar-refractivity contribution in [2.75, 3.05) is 23.1 Å². The number of carbonyl (C=O) groups excluding carboxylic acids is 2. The van der Waals surface area contributed by atoms with E-state index in [-0.39, 0.29) is 40.1 Å². The quantitative estimate of drug-likeness (QED) is 0.349. The van der Waals surface area contributed by atoms with Crippen molar-refractivity contribution in [2.24, 2.45) is 11.1 Å². The van der Waals surface area contributed by atoms with Crippen LogP contribution in [-0.4, -0.2) is 34.8 Å². The van der Waals surface area contributed by atoms with E-state index in [1.165, 1.54) is 47.4 Å². The van der Waals surface area contributed by atoms with Crippen LogP contribution in [0.1, 0.15) is 38.2 Å². The molecule has 1 atom stereocenters. The van der Waals surface area contributed by atoms with Gasteiger partial charge in [-0.05, 0) is 42.2 Å². The molecule has 5 rings (SSSR count). The maximum atomic E-state index is 13.7. The summed E-state index contributed by atoms with van der Waals surface area (Å²) >= 11 is 2.40. The number of amides is 1. The lowest BCUT2D eigenvalue weighted by molar-refractivity contribution is -0.118. The van der Waals surface area contributed by atoms with Gasteiger partial charge in [0.05, 0.1) is 30.4 Å². The van der Waals surface area contributed by atoms with Crippen molar-refractivity contribution in [2.45, 2.75) is 36.9 Å². The predicted octanol–water partition coefficient (Wildman–Crippen LogP) is 5.36. The molecule has 3 aromatic rings. The Hall–Kier alpha value is -4.21. The van der Waals surface area contributed by atoms with Gasteiger partial charge < -0.3 is 15.8 Å². The fraction of sp³-hybridized carbons (Fsp3) is 0.276. The van der Waals surface area contributed by atoms with Gasteiger partial charge in [0, 0.05) is 28.9 Å². The molecular formula is C29H27FN6O3S2. The summed E-state index contributed by atoms with van der Waals surface area (Å²) in [6.07, 6.45) is 0.853. The first-order valence-corrected chi connectivity index (χ1v) is 14.5. The Balaban J connectivity index is 1.48. The Kier molecular flexibility index (Phi) is 7.84. The van der Waals surface area contributed by atoms with E-state index in [0.717, 1.165) is 0 Å². The first-order valence-electron chi connectivity index (χ1n) is 12.7. The fourth-order valence-corrected chi connectivity index (χ4v) is 6.83. The SMILES string of the molecule is COc1ccccc1C1C(C#N)=C(N)N(c2nnc(SCC(=O)Nc3ccc(F)cc3)s2)C2=C1C(=O)CC(C)(C)C2. The Morgan fingerprint density at radius 2 is 1.98 bits per heavy atom. The van der Waals surface area contributed by atoms with Gasteiger partial charge in [-0.3, -0.25) is 14.5 Å². The summed E-state index contributed by atoms with van der Waals surface area (Å²) < 4.78 is 19.2. The van der Waals surface area contributed by atoms with Crippen LogP contribution >= 0.6 is 23.1 Å². The zero-order valence-corrected chi connectivity index (χ0v) is 24.2. The van der Waals surface area contributed by atoms with E-state index in [4.69, 9.17) is 10.5 Å². The van der Waals surface area contributed by atoms with E-state index < -0.39 is 5.92 Å². The van der Waals surface area contributed by atoms with Crippen molar-refractivity contribution >= 4 is 45.6 Å². The number of halogens is 1. The predicted molar refractivity (Wildman–Crippen MR) is 156 cm³/mol. The van der Waals surface area contributed by atoms with E-state index in [0.29, 0.717) is 50.6 Å². The van der Waals surface area contributed by atoms with Crippen LogP contribution in [0.3, 0.4) is 0 Å². The fourth-order valence-electron chi connectivity index (χ4n) is 5.15. The molecule has 210 valence electrons. The van der Waals surface area contributed by atoms with Crippen molar-refractivity contribution in [3.63, 3.8) is 0 Å². The zero-order chi connectivity index (χ0) is 29.3. The van der Waals surface area contributed by atoms with Gasteiger partial charge in [0.15, 0.2) is 10.1 Å². The Morgan fingerprint density at radius 1 is 1.24 bits per heavy atom. The van der Waals surface area contributed by atoms with Crippen molar-refractivity contribution in [1.82, 2.24) is 10.2 Å². The number of hydrogen-bond acceptors (Lipinski definition) is 10. The van der Waals surface area contributed by atoms with Crippen LogP contribution in [0.2, 0.25) is 0 Å². The third kappa shape index (κ3) is 5.68. The summed E-state index contributed by atoms with van der Waals surface area (Å²) in [5.74, 6) is -0.627. The van der Waals surface area contributed by atoms with Crippen LogP contribution in [0.5, 0.6) is 5.75 Å². The van der Waals surface area contributed by atoms with Crippen molar-refractivity contribution in [3.05, 3.63) is 82.6 Å². The minimum Gasteiger partial charge on any atom is -0.496 e. The molecule has 0 fully saturated rings. The van der Waals surface area contributed by atoms with Crippen molar-refractivity contribution in [3.8, 4) is 11.8 Å². The first kappa shape index (κ1) is 28.3. The van der Waals surface area contributed by atoms with Crippen LogP contribution in [0.4, 0.5) is 15.2 Å². The summed E-state index contributed by atoms with van der Waals surface area (Å²) in [6, 6.07) is 15.1. The normalized spacial score (nSPS) is 18.2. The van der Waals surface area contributed by atoms with Gasteiger partial charge >= 0.3 is 0 Å². The number of allylic oxidation sites excluding steroid dienone is 3. The molecule has 9 nitrogen and oxygen atoms in total. The van der Waals surface area contributed by atoms with E-state index in [9.17, 15) is 19.2 Å². The standard InChI is InChI=1S/C29H27FN6O3S2/c1-29(2)12-20-25(21(37)13-29)24(18-6-4-5-7-22(18)39-3)19(14-31)26(32)36(20)27-34-35-28(41-27)40-15-23(38)33-17-10-8-16(30)9-11-17/h4-11,24H,12-13,15,32H2,1-3H3,(H,33,38). The molecule has 1 unspecified atom stereocenters. The molecule has 0 saturated heterocycles. The molecule has 3 N–H and O–H groups in total. The molecule has 2 aromatic carbocycles. The Bertz CT molecular complexity index is 1620. The molecule has 1 aliphatic carbocycles. The van der Waals surface area contributed by atoms with Gasteiger partial charge in [-0.1, -0.05) is 55.1 Å². The summed E-state index contributed by atoms with van der Waals surface area (Å²) in [7, 11) is 1.55. The number of nitriles is 1. The molecule has 41 heavy (non-hydrogen) atoms. The molecule has 2 aliphatic rings. The molecule has 0 spiro atoms. The van der Waals surface area contributed by atoms with Gasteiger partial charge in [-0.2, -0.15) is 5.26 Å². The topological polar surface area (TPSA) is 134 Å². The number of anilines is 2.